The summed E-state index contributed by atoms with van der Waals surface area (Å²) in [4.78, 5) is 27.8. The molecule has 0 bridgehead atoms. The van der Waals surface area contributed by atoms with Gasteiger partial charge in [-0.15, -0.1) is 0 Å². The molecule has 0 atom stereocenters. The average molecular weight is 453 g/mol. The van der Waals surface area contributed by atoms with Crippen molar-refractivity contribution < 1.29 is 23.8 Å². The first-order chi connectivity index (χ1) is 16.0. The Hall–Kier alpha value is -3.22. The minimum absolute atomic E-state index is 0.159. The van der Waals surface area contributed by atoms with Crippen molar-refractivity contribution in [1.29, 1.82) is 0 Å². The third-order valence-electron chi connectivity index (χ3n) is 5.83. The summed E-state index contributed by atoms with van der Waals surface area (Å²) in [6.45, 7) is 7.71. The third kappa shape index (κ3) is 5.07. The van der Waals surface area contributed by atoms with Crippen LogP contribution in [0.5, 0.6) is 17.2 Å². The minimum atomic E-state index is -0.282. The van der Waals surface area contributed by atoms with Gasteiger partial charge in [-0.25, -0.2) is 0 Å². The number of anilines is 2. The number of ether oxygens (including phenoxy) is 3. The molecule has 0 unspecified atom stereocenters. The van der Waals surface area contributed by atoms with E-state index in [1.165, 1.54) is 0 Å². The molecule has 176 valence electrons. The molecule has 1 aliphatic carbocycles. The molecule has 7 heteroatoms. The molecule has 7 nitrogen and oxygen atoms in total. The molecule has 2 aliphatic rings. The van der Waals surface area contributed by atoms with Crippen LogP contribution in [-0.2, 0) is 11.2 Å². The zero-order chi connectivity index (χ0) is 23.4. The number of carbonyl (C=O) groups excluding carboxylic acids is 2. The minimum Gasteiger partial charge on any atom is -0.490 e. The van der Waals surface area contributed by atoms with Crippen molar-refractivity contribution in [1.82, 2.24) is 0 Å². The average Bonchev–Trinajstić information content (AvgIpc) is 3.66. The van der Waals surface area contributed by atoms with Gasteiger partial charge in [-0.1, -0.05) is 6.07 Å². The van der Waals surface area contributed by atoms with Crippen LogP contribution >= 0.6 is 0 Å². The first kappa shape index (κ1) is 23.0. The van der Waals surface area contributed by atoms with E-state index in [4.69, 9.17) is 14.2 Å². The monoisotopic (exact) mass is 452 g/mol. The van der Waals surface area contributed by atoms with Crippen LogP contribution in [0.15, 0.2) is 30.3 Å². The first-order valence-electron chi connectivity index (χ1n) is 11.9. The second kappa shape index (κ2) is 10.1. The molecule has 33 heavy (non-hydrogen) atoms. The number of fused-ring (bicyclic) bond motifs is 1. The van der Waals surface area contributed by atoms with E-state index < -0.39 is 0 Å². The molecule has 1 heterocycles. The van der Waals surface area contributed by atoms with E-state index in [1.54, 1.807) is 12.1 Å². The fraction of sp³-hybridized carbons (Fsp3) is 0.462. The molecule has 4 rings (SSSR count). The summed E-state index contributed by atoms with van der Waals surface area (Å²) in [6, 6.07) is 9.16. The molecule has 1 aliphatic heterocycles. The highest BCUT2D eigenvalue weighted by atomic mass is 16.5. The summed E-state index contributed by atoms with van der Waals surface area (Å²) in [6.07, 6.45) is 3.85. The van der Waals surface area contributed by atoms with E-state index in [9.17, 15) is 9.59 Å². The van der Waals surface area contributed by atoms with Crippen LogP contribution in [0.4, 0.5) is 11.4 Å². The standard InChI is InChI=1S/C26H32N2O5/c1-4-31-22-14-19(15-23(32-5-2)24(22)33-6-3)25(29)27-20-12-11-17-8-7-13-28(21(17)16-20)26(30)18-9-10-18/h11-12,14-16,18H,4-10,13H2,1-3H3,(H,27,29). The van der Waals surface area contributed by atoms with Gasteiger partial charge in [0.2, 0.25) is 11.7 Å². The number of rotatable bonds is 9. The van der Waals surface area contributed by atoms with Gasteiger partial charge in [-0.05, 0) is 76.3 Å². The summed E-state index contributed by atoms with van der Waals surface area (Å²) in [5.41, 5.74) is 3.12. The number of hydrogen-bond acceptors (Lipinski definition) is 5. The third-order valence-corrected chi connectivity index (χ3v) is 5.83. The SMILES string of the molecule is CCOc1cc(C(=O)Nc2ccc3c(c2)N(C(=O)C2CC2)CCC3)cc(OCC)c1OCC. The van der Waals surface area contributed by atoms with Gasteiger partial charge in [0.25, 0.3) is 5.91 Å². The lowest BCUT2D eigenvalue weighted by molar-refractivity contribution is -0.119. The molecule has 0 saturated heterocycles. The molecule has 2 amide bonds. The molecular weight excluding hydrogens is 420 g/mol. The normalized spacial score (nSPS) is 14.9. The Labute approximate surface area is 195 Å². The summed E-state index contributed by atoms with van der Waals surface area (Å²) in [5, 5.41) is 2.97. The fourth-order valence-electron chi connectivity index (χ4n) is 4.15. The topological polar surface area (TPSA) is 77.1 Å². The van der Waals surface area contributed by atoms with E-state index in [2.05, 4.69) is 5.32 Å². The summed E-state index contributed by atoms with van der Waals surface area (Å²) < 4.78 is 17.2. The summed E-state index contributed by atoms with van der Waals surface area (Å²) >= 11 is 0. The Morgan fingerprint density at radius 1 is 0.970 bits per heavy atom. The van der Waals surface area contributed by atoms with Gasteiger partial charge in [-0.3, -0.25) is 9.59 Å². The van der Waals surface area contributed by atoms with Gasteiger partial charge in [0.05, 0.1) is 19.8 Å². The van der Waals surface area contributed by atoms with Crippen LogP contribution in [0.3, 0.4) is 0 Å². The Bertz CT molecular complexity index is 1000. The van der Waals surface area contributed by atoms with Crippen LogP contribution < -0.4 is 24.4 Å². The van der Waals surface area contributed by atoms with Crippen molar-refractivity contribution >= 4 is 23.2 Å². The van der Waals surface area contributed by atoms with E-state index >= 15 is 0 Å². The maximum absolute atomic E-state index is 13.2. The Kier molecular flexibility index (Phi) is 7.06. The number of aryl methyl sites for hydroxylation is 1. The predicted molar refractivity (Wildman–Crippen MR) is 128 cm³/mol. The highest BCUT2D eigenvalue weighted by molar-refractivity contribution is 6.06. The van der Waals surface area contributed by atoms with Crippen LogP contribution in [0.2, 0.25) is 0 Å². The smallest absolute Gasteiger partial charge is 0.255 e. The zero-order valence-electron chi connectivity index (χ0n) is 19.6. The van der Waals surface area contributed by atoms with Crippen molar-refractivity contribution in [2.45, 2.75) is 46.5 Å². The molecule has 1 fully saturated rings. The second-order valence-electron chi connectivity index (χ2n) is 8.27. The lowest BCUT2D eigenvalue weighted by Gasteiger charge is -2.30. The van der Waals surface area contributed by atoms with E-state index in [0.717, 1.165) is 43.5 Å². The number of benzene rings is 2. The number of nitrogens with one attached hydrogen (secondary N) is 1. The largest absolute Gasteiger partial charge is 0.490 e. The van der Waals surface area contributed by atoms with Gasteiger partial charge >= 0.3 is 0 Å². The maximum atomic E-state index is 13.2. The Balaban J connectivity index is 1.60. The van der Waals surface area contributed by atoms with Crippen LogP contribution in [0.1, 0.15) is 56.0 Å². The maximum Gasteiger partial charge on any atom is 0.255 e. The van der Waals surface area contributed by atoms with Gasteiger partial charge in [0, 0.05) is 29.4 Å². The zero-order valence-corrected chi connectivity index (χ0v) is 19.6. The quantitative estimate of drug-likeness (QED) is 0.590. The van der Waals surface area contributed by atoms with Crippen molar-refractivity contribution in [2.24, 2.45) is 5.92 Å². The van der Waals surface area contributed by atoms with E-state index in [1.807, 2.05) is 43.9 Å². The first-order valence-corrected chi connectivity index (χ1v) is 11.9. The van der Waals surface area contributed by atoms with Crippen LogP contribution in [0, 0.1) is 5.92 Å². The van der Waals surface area contributed by atoms with Crippen molar-refractivity contribution in [2.75, 3.05) is 36.6 Å². The second-order valence-corrected chi connectivity index (χ2v) is 8.27. The number of nitrogens with zero attached hydrogens (tertiary/aromatic N) is 1. The molecular formula is C26H32N2O5. The molecule has 0 spiro atoms. The van der Waals surface area contributed by atoms with Gasteiger partial charge < -0.3 is 24.4 Å². The Morgan fingerprint density at radius 3 is 2.24 bits per heavy atom. The predicted octanol–water partition coefficient (Wildman–Crippen LogP) is 4.82. The highest BCUT2D eigenvalue weighted by Gasteiger charge is 2.35. The van der Waals surface area contributed by atoms with Crippen LogP contribution in [-0.4, -0.2) is 38.2 Å². The van der Waals surface area contributed by atoms with Gasteiger partial charge in [0.1, 0.15) is 0 Å². The highest BCUT2D eigenvalue weighted by Crippen LogP contribution is 2.40. The van der Waals surface area contributed by atoms with E-state index in [0.29, 0.717) is 48.3 Å². The van der Waals surface area contributed by atoms with Crippen molar-refractivity contribution in [3.05, 3.63) is 41.5 Å². The summed E-state index contributed by atoms with van der Waals surface area (Å²) in [5.74, 6) is 1.53. The van der Waals surface area contributed by atoms with Crippen LogP contribution in [0.25, 0.3) is 0 Å². The van der Waals surface area contributed by atoms with E-state index in [-0.39, 0.29) is 17.7 Å². The van der Waals surface area contributed by atoms with Crippen molar-refractivity contribution in [3.63, 3.8) is 0 Å². The number of carbonyl (C=O) groups is 2. The molecule has 2 aromatic carbocycles. The molecule has 1 N–H and O–H groups in total. The van der Waals surface area contributed by atoms with Crippen molar-refractivity contribution in [3.8, 4) is 17.2 Å². The molecule has 2 aromatic rings. The van der Waals surface area contributed by atoms with Gasteiger partial charge in [0.15, 0.2) is 11.5 Å². The summed E-state index contributed by atoms with van der Waals surface area (Å²) in [7, 11) is 0. The number of amides is 2. The lowest BCUT2D eigenvalue weighted by atomic mass is 10.0. The fourth-order valence-corrected chi connectivity index (χ4v) is 4.15. The number of hydrogen-bond donors (Lipinski definition) is 1. The molecule has 0 radical (unpaired) electrons. The molecule has 0 aromatic heterocycles. The molecule has 1 saturated carbocycles. The van der Waals surface area contributed by atoms with Gasteiger partial charge in [-0.2, -0.15) is 0 Å². The Morgan fingerprint density at radius 2 is 1.64 bits per heavy atom. The lowest BCUT2D eigenvalue weighted by Crippen LogP contribution is -2.36.